The maximum atomic E-state index is 12.0. The normalized spacial score (nSPS) is 21.7. The van der Waals surface area contributed by atoms with Gasteiger partial charge >= 0.3 is 0 Å². The zero-order valence-electron chi connectivity index (χ0n) is 17.7. The van der Waals surface area contributed by atoms with E-state index in [0.29, 0.717) is 19.0 Å². The number of aliphatic imine (C=N–C) groups is 1. The van der Waals surface area contributed by atoms with Crippen molar-refractivity contribution < 1.29 is 13.9 Å². The van der Waals surface area contributed by atoms with E-state index in [1.54, 1.807) is 25.3 Å². The minimum absolute atomic E-state index is 0.0261. The Bertz CT molecular complexity index is 635. The van der Waals surface area contributed by atoms with Crippen LogP contribution in [-0.4, -0.2) is 81.2 Å². The zero-order valence-corrected chi connectivity index (χ0v) is 17.7. The van der Waals surface area contributed by atoms with E-state index >= 15 is 0 Å². The molecule has 1 amide bonds. The number of piperidine rings is 1. The number of carbonyl (C=O) groups excluding carboxylic acids is 1. The molecule has 3 rings (SSSR count). The van der Waals surface area contributed by atoms with Crippen molar-refractivity contribution in [2.24, 2.45) is 4.99 Å². The molecule has 2 aliphatic rings. The summed E-state index contributed by atoms with van der Waals surface area (Å²) in [6.45, 7) is 4.44. The highest BCUT2D eigenvalue weighted by Gasteiger charge is 2.25. The van der Waals surface area contributed by atoms with Crippen LogP contribution in [0.5, 0.6) is 0 Å². The van der Waals surface area contributed by atoms with E-state index in [4.69, 9.17) is 9.15 Å². The molecule has 0 spiro atoms. The number of rotatable bonds is 8. The fraction of sp³-hybridized carbons (Fsp3) is 0.714. The Balaban J connectivity index is 1.63. The summed E-state index contributed by atoms with van der Waals surface area (Å²) >= 11 is 0. The van der Waals surface area contributed by atoms with E-state index in [2.05, 4.69) is 20.5 Å². The Hall–Kier alpha value is -2.06. The SMILES string of the molecule is CN(C)C(=O)CN=C(NCC1CCCO1)NCC(c1ccco1)N1CCCCC1. The lowest BCUT2D eigenvalue weighted by Crippen LogP contribution is -2.46. The van der Waals surface area contributed by atoms with E-state index < -0.39 is 0 Å². The van der Waals surface area contributed by atoms with E-state index in [1.165, 1.54) is 19.3 Å². The standard InChI is InChI=1S/C21H35N5O3/c1-25(2)20(27)16-24-21(22-14-17-8-6-12-28-17)23-15-18(19-9-7-13-29-19)26-10-4-3-5-11-26/h7,9,13,17-18H,3-6,8,10-12,14-16H2,1-2H3,(H2,22,23,24). The van der Waals surface area contributed by atoms with Crippen LogP contribution in [-0.2, 0) is 9.53 Å². The highest BCUT2D eigenvalue weighted by Crippen LogP contribution is 2.24. The molecule has 8 heteroatoms. The van der Waals surface area contributed by atoms with E-state index in [0.717, 1.165) is 38.3 Å². The predicted molar refractivity (Wildman–Crippen MR) is 113 cm³/mol. The summed E-state index contributed by atoms with van der Waals surface area (Å²) in [5, 5.41) is 6.79. The quantitative estimate of drug-likeness (QED) is 0.505. The lowest BCUT2D eigenvalue weighted by molar-refractivity contribution is -0.127. The summed E-state index contributed by atoms with van der Waals surface area (Å²) in [5.41, 5.74) is 0. The summed E-state index contributed by atoms with van der Waals surface area (Å²) in [4.78, 5) is 20.5. The maximum absolute atomic E-state index is 12.0. The van der Waals surface area contributed by atoms with Gasteiger partial charge in [0.25, 0.3) is 0 Å². The molecule has 0 radical (unpaired) electrons. The van der Waals surface area contributed by atoms with Crippen LogP contribution in [0.3, 0.4) is 0 Å². The molecule has 8 nitrogen and oxygen atoms in total. The second kappa shape index (κ2) is 11.2. The minimum atomic E-state index is -0.0261. The minimum Gasteiger partial charge on any atom is -0.468 e. The van der Waals surface area contributed by atoms with Crippen molar-refractivity contribution >= 4 is 11.9 Å². The first-order valence-electron chi connectivity index (χ1n) is 10.7. The molecule has 1 aromatic rings. The van der Waals surface area contributed by atoms with Crippen molar-refractivity contribution in [2.75, 3.05) is 53.4 Å². The molecule has 0 bridgehead atoms. The number of hydrogen-bond donors (Lipinski definition) is 2. The third kappa shape index (κ3) is 6.75. The Morgan fingerprint density at radius 1 is 1.28 bits per heavy atom. The summed E-state index contributed by atoms with van der Waals surface area (Å²) in [5.74, 6) is 1.58. The Kier molecular flexibility index (Phi) is 8.37. The topological polar surface area (TPSA) is 82.3 Å². The van der Waals surface area contributed by atoms with E-state index in [-0.39, 0.29) is 24.6 Å². The highest BCUT2D eigenvalue weighted by atomic mass is 16.5. The number of guanidine groups is 1. The average Bonchev–Trinajstić information content (AvgIpc) is 3.44. The van der Waals surface area contributed by atoms with Gasteiger partial charge in [-0.1, -0.05) is 6.42 Å². The molecule has 2 fully saturated rings. The monoisotopic (exact) mass is 405 g/mol. The molecule has 2 N–H and O–H groups in total. The van der Waals surface area contributed by atoms with Gasteiger partial charge in [-0.2, -0.15) is 0 Å². The molecule has 2 saturated heterocycles. The van der Waals surface area contributed by atoms with Crippen LogP contribution >= 0.6 is 0 Å². The van der Waals surface area contributed by atoms with Crippen LogP contribution in [0.25, 0.3) is 0 Å². The van der Waals surface area contributed by atoms with Gasteiger partial charge in [-0.3, -0.25) is 9.69 Å². The molecule has 2 unspecified atom stereocenters. The van der Waals surface area contributed by atoms with Gasteiger partial charge in [-0.25, -0.2) is 4.99 Å². The molecule has 0 saturated carbocycles. The average molecular weight is 406 g/mol. The Labute approximate surface area is 173 Å². The predicted octanol–water partition coefficient (Wildman–Crippen LogP) is 1.61. The summed E-state index contributed by atoms with van der Waals surface area (Å²) in [6.07, 6.45) is 7.80. The first-order chi connectivity index (χ1) is 14.1. The van der Waals surface area contributed by atoms with Crippen molar-refractivity contribution in [3.63, 3.8) is 0 Å². The zero-order chi connectivity index (χ0) is 20.5. The third-order valence-corrected chi connectivity index (χ3v) is 5.56. The van der Waals surface area contributed by atoms with Crippen molar-refractivity contribution in [1.29, 1.82) is 0 Å². The molecule has 29 heavy (non-hydrogen) atoms. The van der Waals surface area contributed by atoms with Crippen molar-refractivity contribution in [1.82, 2.24) is 20.4 Å². The number of amides is 1. The van der Waals surface area contributed by atoms with Crippen LogP contribution in [0.15, 0.2) is 27.8 Å². The third-order valence-electron chi connectivity index (χ3n) is 5.56. The number of nitrogens with one attached hydrogen (secondary N) is 2. The largest absolute Gasteiger partial charge is 0.468 e. The summed E-state index contributed by atoms with van der Waals surface area (Å²) in [6, 6.07) is 4.12. The van der Waals surface area contributed by atoms with Crippen LogP contribution in [0.4, 0.5) is 0 Å². The molecular formula is C21H35N5O3. The summed E-state index contributed by atoms with van der Waals surface area (Å²) < 4.78 is 11.4. The van der Waals surface area contributed by atoms with E-state index in [1.807, 2.05) is 12.1 Å². The Morgan fingerprint density at radius 3 is 2.76 bits per heavy atom. The fourth-order valence-electron chi connectivity index (χ4n) is 3.79. The molecule has 3 heterocycles. The number of carbonyl (C=O) groups is 1. The van der Waals surface area contributed by atoms with Gasteiger partial charge in [0.1, 0.15) is 12.3 Å². The first kappa shape index (κ1) is 21.6. The number of furan rings is 1. The van der Waals surface area contributed by atoms with E-state index in [9.17, 15) is 4.79 Å². The van der Waals surface area contributed by atoms with Crippen molar-refractivity contribution in [2.45, 2.75) is 44.2 Å². The number of ether oxygens (including phenoxy) is 1. The highest BCUT2D eigenvalue weighted by molar-refractivity contribution is 5.84. The van der Waals surface area contributed by atoms with Gasteiger partial charge in [0.05, 0.1) is 18.4 Å². The molecule has 1 aromatic heterocycles. The first-order valence-corrected chi connectivity index (χ1v) is 10.7. The number of likely N-dealkylation sites (N-methyl/N-ethyl adjacent to an activating group) is 1. The van der Waals surface area contributed by atoms with Gasteiger partial charge in [-0.15, -0.1) is 0 Å². The van der Waals surface area contributed by atoms with Crippen molar-refractivity contribution in [3.05, 3.63) is 24.2 Å². The molecule has 0 aromatic carbocycles. The van der Waals surface area contributed by atoms with Gasteiger partial charge in [0, 0.05) is 33.8 Å². The van der Waals surface area contributed by atoms with Crippen LogP contribution in [0.2, 0.25) is 0 Å². The smallest absolute Gasteiger partial charge is 0.243 e. The molecular weight excluding hydrogens is 370 g/mol. The number of nitrogens with zero attached hydrogens (tertiary/aromatic N) is 3. The maximum Gasteiger partial charge on any atom is 0.243 e. The summed E-state index contributed by atoms with van der Waals surface area (Å²) in [7, 11) is 3.49. The van der Waals surface area contributed by atoms with Crippen LogP contribution in [0, 0.1) is 0 Å². The molecule has 2 atom stereocenters. The van der Waals surface area contributed by atoms with Crippen molar-refractivity contribution in [3.8, 4) is 0 Å². The van der Waals surface area contributed by atoms with Crippen LogP contribution < -0.4 is 10.6 Å². The molecule has 0 aliphatic carbocycles. The van der Waals surface area contributed by atoms with Gasteiger partial charge in [0.2, 0.25) is 5.91 Å². The van der Waals surface area contributed by atoms with Crippen LogP contribution in [0.1, 0.15) is 43.9 Å². The number of likely N-dealkylation sites (tertiary alicyclic amines) is 1. The van der Waals surface area contributed by atoms with Gasteiger partial charge < -0.3 is 24.7 Å². The number of hydrogen-bond acceptors (Lipinski definition) is 5. The molecule has 2 aliphatic heterocycles. The second-order valence-electron chi connectivity index (χ2n) is 7.98. The second-order valence-corrected chi connectivity index (χ2v) is 7.98. The lowest BCUT2D eigenvalue weighted by atomic mass is 10.1. The van der Waals surface area contributed by atoms with Gasteiger partial charge in [-0.05, 0) is 50.9 Å². The lowest BCUT2D eigenvalue weighted by Gasteiger charge is -2.33. The Morgan fingerprint density at radius 2 is 2.10 bits per heavy atom. The molecule has 162 valence electrons. The fourth-order valence-corrected chi connectivity index (χ4v) is 3.79. The van der Waals surface area contributed by atoms with Gasteiger partial charge in [0.15, 0.2) is 5.96 Å².